The molecule has 0 fully saturated rings. The molecule has 0 spiro atoms. The predicted molar refractivity (Wildman–Crippen MR) is 110 cm³/mol. The largest absolute Gasteiger partial charge is 0.375 e. The highest BCUT2D eigenvalue weighted by atomic mass is 35.5. The first kappa shape index (κ1) is 20.7. The summed E-state index contributed by atoms with van der Waals surface area (Å²) in [5.41, 5.74) is 2.26. The van der Waals surface area contributed by atoms with E-state index in [0.29, 0.717) is 6.54 Å². The van der Waals surface area contributed by atoms with E-state index in [1.165, 1.54) is 5.56 Å². The van der Waals surface area contributed by atoms with Gasteiger partial charge in [-0.2, -0.15) is 0 Å². The van der Waals surface area contributed by atoms with Crippen molar-refractivity contribution in [3.05, 3.63) is 50.9 Å². The highest BCUT2D eigenvalue weighted by Crippen LogP contribution is 2.20. The number of guanidine groups is 1. The van der Waals surface area contributed by atoms with Gasteiger partial charge in [-0.15, -0.1) is 11.3 Å². The molecule has 1 N–H and O–H groups in total. The quantitative estimate of drug-likeness (QED) is 0.540. The summed E-state index contributed by atoms with van der Waals surface area (Å²) in [6.07, 6.45) is 0.909. The molecule has 0 radical (unpaired) electrons. The predicted octanol–water partition coefficient (Wildman–Crippen LogP) is 4.14. The number of aromatic nitrogens is 1. The number of halogens is 1. The number of nitrogens with zero attached hydrogens (tertiary/aromatic N) is 3. The van der Waals surface area contributed by atoms with Crippen molar-refractivity contribution in [2.24, 2.45) is 4.99 Å². The highest BCUT2D eigenvalue weighted by molar-refractivity contribution is 7.09. The number of hydrogen-bond donors (Lipinski definition) is 1. The summed E-state index contributed by atoms with van der Waals surface area (Å²) in [6.45, 7) is 6.34. The van der Waals surface area contributed by atoms with Crippen molar-refractivity contribution >= 4 is 28.9 Å². The normalized spacial score (nSPS) is 12.9. The van der Waals surface area contributed by atoms with E-state index >= 15 is 0 Å². The first-order valence-corrected chi connectivity index (χ1v) is 10.00. The SMILES string of the molecule is CCNC(=NCCc1ccc(Cl)cc1)N(C)Cc1csc(C(C)OC)n1. The van der Waals surface area contributed by atoms with Crippen LogP contribution in [0.2, 0.25) is 5.02 Å². The number of methoxy groups -OCH3 is 1. The Morgan fingerprint density at radius 2 is 2.12 bits per heavy atom. The molecule has 2 aromatic rings. The number of thiazole rings is 1. The average molecular weight is 395 g/mol. The van der Waals surface area contributed by atoms with Gasteiger partial charge >= 0.3 is 0 Å². The number of ether oxygens (including phenoxy) is 1. The van der Waals surface area contributed by atoms with Crippen molar-refractivity contribution in [2.75, 3.05) is 27.2 Å². The van der Waals surface area contributed by atoms with Crippen LogP contribution in [0, 0.1) is 0 Å². The van der Waals surface area contributed by atoms with Crippen molar-refractivity contribution < 1.29 is 4.74 Å². The molecule has 1 atom stereocenters. The van der Waals surface area contributed by atoms with Crippen molar-refractivity contribution in [3.63, 3.8) is 0 Å². The van der Waals surface area contributed by atoms with Crippen LogP contribution in [0.3, 0.4) is 0 Å². The van der Waals surface area contributed by atoms with Crippen LogP contribution < -0.4 is 5.32 Å². The Hall–Kier alpha value is -1.63. The van der Waals surface area contributed by atoms with Crippen molar-refractivity contribution in [1.29, 1.82) is 0 Å². The first-order chi connectivity index (χ1) is 12.5. The summed E-state index contributed by atoms with van der Waals surface area (Å²) in [5, 5.41) is 7.19. The van der Waals surface area contributed by atoms with Gasteiger partial charge in [-0.25, -0.2) is 4.98 Å². The van der Waals surface area contributed by atoms with Crippen LogP contribution >= 0.6 is 22.9 Å². The molecule has 7 heteroatoms. The number of benzene rings is 1. The molecule has 1 aromatic carbocycles. The Balaban J connectivity index is 1.95. The summed E-state index contributed by atoms with van der Waals surface area (Å²) in [6, 6.07) is 7.92. The number of aliphatic imine (C=N–C) groups is 1. The lowest BCUT2D eigenvalue weighted by molar-refractivity contribution is 0.119. The molecule has 0 amide bonds. The van der Waals surface area contributed by atoms with Gasteiger partial charge in [0.15, 0.2) is 5.96 Å². The van der Waals surface area contributed by atoms with Crippen molar-refractivity contribution in [3.8, 4) is 0 Å². The molecule has 0 aliphatic rings. The minimum Gasteiger partial charge on any atom is -0.375 e. The molecular weight excluding hydrogens is 368 g/mol. The number of nitrogens with one attached hydrogen (secondary N) is 1. The lowest BCUT2D eigenvalue weighted by Crippen LogP contribution is -2.38. The Morgan fingerprint density at radius 1 is 1.38 bits per heavy atom. The lowest BCUT2D eigenvalue weighted by Gasteiger charge is -2.21. The molecule has 1 unspecified atom stereocenters. The molecule has 0 aliphatic heterocycles. The molecular formula is C19H27ClN4OS. The summed E-state index contributed by atoms with van der Waals surface area (Å²) >= 11 is 7.56. The fraction of sp³-hybridized carbons (Fsp3) is 0.474. The highest BCUT2D eigenvalue weighted by Gasteiger charge is 2.12. The van der Waals surface area contributed by atoms with Gasteiger partial charge in [0.25, 0.3) is 0 Å². The third-order valence-electron chi connectivity index (χ3n) is 3.94. The maximum Gasteiger partial charge on any atom is 0.194 e. The van der Waals surface area contributed by atoms with Crippen LogP contribution in [-0.2, 0) is 17.7 Å². The molecule has 0 bridgehead atoms. The molecule has 0 aliphatic carbocycles. The smallest absolute Gasteiger partial charge is 0.194 e. The van der Waals surface area contributed by atoms with E-state index in [0.717, 1.165) is 41.2 Å². The Morgan fingerprint density at radius 3 is 2.77 bits per heavy atom. The van der Waals surface area contributed by atoms with Gasteiger partial charge in [0, 0.05) is 37.6 Å². The van der Waals surface area contributed by atoms with E-state index in [1.54, 1.807) is 18.4 Å². The fourth-order valence-electron chi connectivity index (χ4n) is 2.41. The van der Waals surface area contributed by atoms with Gasteiger partial charge in [0.05, 0.1) is 12.2 Å². The van der Waals surface area contributed by atoms with Gasteiger partial charge in [0.2, 0.25) is 0 Å². The number of hydrogen-bond acceptors (Lipinski definition) is 4. The van der Waals surface area contributed by atoms with Crippen LogP contribution in [0.15, 0.2) is 34.6 Å². The Bertz CT molecular complexity index is 702. The molecule has 0 saturated carbocycles. The van der Waals surface area contributed by atoms with Gasteiger partial charge in [-0.1, -0.05) is 23.7 Å². The van der Waals surface area contributed by atoms with E-state index in [1.807, 2.05) is 38.2 Å². The molecule has 142 valence electrons. The molecule has 5 nitrogen and oxygen atoms in total. The van der Waals surface area contributed by atoms with Crippen molar-refractivity contribution in [2.45, 2.75) is 32.9 Å². The van der Waals surface area contributed by atoms with Crippen LogP contribution in [-0.4, -0.2) is 43.1 Å². The molecule has 1 aromatic heterocycles. The summed E-state index contributed by atoms with van der Waals surface area (Å²) in [4.78, 5) is 11.5. The zero-order chi connectivity index (χ0) is 18.9. The van der Waals surface area contributed by atoms with Crippen LogP contribution in [0.1, 0.15) is 36.2 Å². The standard InChI is InChI=1S/C19H27ClN4OS/c1-5-21-19(22-11-10-15-6-8-16(20)9-7-15)24(3)12-17-13-26-18(23-17)14(2)25-4/h6-9,13-14H,5,10-12H2,1-4H3,(H,21,22). The zero-order valence-electron chi connectivity index (χ0n) is 15.8. The van der Waals surface area contributed by atoms with E-state index in [9.17, 15) is 0 Å². The van der Waals surface area contributed by atoms with Crippen LogP contribution in [0.4, 0.5) is 0 Å². The van der Waals surface area contributed by atoms with Gasteiger partial charge in [0.1, 0.15) is 11.1 Å². The maximum atomic E-state index is 5.93. The molecule has 1 heterocycles. The molecule has 2 rings (SSSR count). The maximum absolute atomic E-state index is 5.93. The van der Waals surface area contributed by atoms with E-state index in [2.05, 4.69) is 27.5 Å². The van der Waals surface area contributed by atoms with Gasteiger partial charge in [-0.3, -0.25) is 4.99 Å². The minimum atomic E-state index is 0.0281. The summed E-state index contributed by atoms with van der Waals surface area (Å²) in [5.74, 6) is 0.885. The third-order valence-corrected chi connectivity index (χ3v) is 5.25. The summed E-state index contributed by atoms with van der Waals surface area (Å²) in [7, 11) is 3.73. The molecule has 26 heavy (non-hydrogen) atoms. The fourth-order valence-corrected chi connectivity index (χ4v) is 3.38. The minimum absolute atomic E-state index is 0.0281. The third kappa shape index (κ3) is 6.27. The Labute approximate surface area is 165 Å². The lowest BCUT2D eigenvalue weighted by atomic mass is 10.1. The monoisotopic (exact) mass is 394 g/mol. The van der Waals surface area contributed by atoms with E-state index < -0.39 is 0 Å². The molecule has 0 saturated heterocycles. The summed E-state index contributed by atoms with van der Waals surface area (Å²) < 4.78 is 5.33. The average Bonchev–Trinajstić information content (AvgIpc) is 3.10. The second-order valence-electron chi connectivity index (χ2n) is 6.02. The van der Waals surface area contributed by atoms with Crippen LogP contribution in [0.5, 0.6) is 0 Å². The van der Waals surface area contributed by atoms with E-state index in [-0.39, 0.29) is 6.10 Å². The zero-order valence-corrected chi connectivity index (χ0v) is 17.4. The topological polar surface area (TPSA) is 49.8 Å². The second kappa shape index (κ2) is 10.5. The van der Waals surface area contributed by atoms with Crippen LogP contribution in [0.25, 0.3) is 0 Å². The van der Waals surface area contributed by atoms with Crippen molar-refractivity contribution in [1.82, 2.24) is 15.2 Å². The van der Waals surface area contributed by atoms with Gasteiger partial charge in [-0.05, 0) is 38.0 Å². The Kier molecular flexibility index (Phi) is 8.35. The first-order valence-electron chi connectivity index (χ1n) is 8.74. The second-order valence-corrected chi connectivity index (χ2v) is 7.35. The van der Waals surface area contributed by atoms with E-state index in [4.69, 9.17) is 21.3 Å². The van der Waals surface area contributed by atoms with Gasteiger partial charge < -0.3 is 15.0 Å². The number of rotatable bonds is 8.